The van der Waals surface area contributed by atoms with Crippen molar-refractivity contribution in [3.8, 4) is 0 Å². The first-order valence-corrected chi connectivity index (χ1v) is 6.23. The standard InChI is InChI=1S/C15H12Cl2O/c1-10(18)13-5-2-11(3-6-13)8-12-4-7-14(16)15(17)9-12/h2-7,9,18H,1,8H2. The second-order valence-corrected chi connectivity index (χ2v) is 4.88. The lowest BCUT2D eigenvalue weighted by Crippen LogP contribution is -1.89. The lowest BCUT2D eigenvalue weighted by Gasteiger charge is -2.05. The third kappa shape index (κ3) is 3.06. The van der Waals surface area contributed by atoms with Gasteiger partial charge in [-0.25, -0.2) is 0 Å². The van der Waals surface area contributed by atoms with E-state index in [-0.39, 0.29) is 5.76 Å². The van der Waals surface area contributed by atoms with E-state index in [4.69, 9.17) is 23.2 Å². The molecule has 0 aromatic heterocycles. The van der Waals surface area contributed by atoms with Gasteiger partial charge in [0, 0.05) is 5.56 Å². The van der Waals surface area contributed by atoms with Gasteiger partial charge in [0.1, 0.15) is 5.76 Å². The van der Waals surface area contributed by atoms with E-state index in [1.165, 1.54) is 0 Å². The number of aliphatic hydroxyl groups excluding tert-OH is 1. The van der Waals surface area contributed by atoms with Crippen molar-refractivity contribution in [2.75, 3.05) is 0 Å². The summed E-state index contributed by atoms with van der Waals surface area (Å²) in [6, 6.07) is 13.2. The van der Waals surface area contributed by atoms with Crippen LogP contribution in [0.2, 0.25) is 10.0 Å². The Hall–Kier alpha value is -1.44. The predicted molar refractivity (Wildman–Crippen MR) is 77.4 cm³/mol. The van der Waals surface area contributed by atoms with Crippen LogP contribution in [0, 0.1) is 0 Å². The third-order valence-electron chi connectivity index (χ3n) is 2.68. The van der Waals surface area contributed by atoms with Gasteiger partial charge < -0.3 is 5.11 Å². The second kappa shape index (κ2) is 5.47. The smallest absolute Gasteiger partial charge is 0.115 e. The van der Waals surface area contributed by atoms with Crippen LogP contribution < -0.4 is 0 Å². The molecule has 0 spiro atoms. The predicted octanol–water partition coefficient (Wildman–Crippen LogP) is 5.11. The Labute approximate surface area is 116 Å². The molecule has 0 atom stereocenters. The van der Waals surface area contributed by atoms with Crippen LogP contribution in [0.4, 0.5) is 0 Å². The molecule has 2 rings (SSSR count). The monoisotopic (exact) mass is 278 g/mol. The first-order valence-electron chi connectivity index (χ1n) is 5.47. The number of halogens is 2. The first kappa shape index (κ1) is 13.0. The lowest BCUT2D eigenvalue weighted by atomic mass is 10.0. The molecule has 92 valence electrons. The van der Waals surface area contributed by atoms with Crippen LogP contribution in [0.15, 0.2) is 49.0 Å². The van der Waals surface area contributed by atoms with E-state index in [1.807, 2.05) is 36.4 Å². The maximum atomic E-state index is 9.24. The van der Waals surface area contributed by atoms with Crippen molar-refractivity contribution in [1.82, 2.24) is 0 Å². The zero-order valence-corrected chi connectivity index (χ0v) is 11.2. The average Bonchev–Trinajstić information content (AvgIpc) is 2.34. The van der Waals surface area contributed by atoms with Crippen molar-refractivity contribution >= 4 is 29.0 Å². The fourth-order valence-electron chi connectivity index (χ4n) is 1.70. The Morgan fingerprint density at radius 1 is 0.944 bits per heavy atom. The molecule has 0 saturated carbocycles. The number of aliphatic hydroxyl groups is 1. The van der Waals surface area contributed by atoms with Crippen LogP contribution in [-0.4, -0.2) is 5.11 Å². The van der Waals surface area contributed by atoms with Crippen molar-refractivity contribution in [2.45, 2.75) is 6.42 Å². The molecule has 0 aliphatic heterocycles. The zero-order chi connectivity index (χ0) is 13.1. The molecule has 0 radical (unpaired) electrons. The van der Waals surface area contributed by atoms with E-state index < -0.39 is 0 Å². The lowest BCUT2D eigenvalue weighted by molar-refractivity contribution is 0.514. The van der Waals surface area contributed by atoms with Crippen molar-refractivity contribution < 1.29 is 5.11 Å². The average molecular weight is 279 g/mol. The highest BCUT2D eigenvalue weighted by Crippen LogP contribution is 2.24. The molecule has 18 heavy (non-hydrogen) atoms. The molecule has 0 saturated heterocycles. The molecule has 0 heterocycles. The van der Waals surface area contributed by atoms with E-state index in [9.17, 15) is 5.11 Å². The van der Waals surface area contributed by atoms with E-state index >= 15 is 0 Å². The van der Waals surface area contributed by atoms with Crippen LogP contribution >= 0.6 is 23.2 Å². The maximum absolute atomic E-state index is 9.24. The Balaban J connectivity index is 2.18. The van der Waals surface area contributed by atoms with Gasteiger partial charge in [-0.15, -0.1) is 0 Å². The highest BCUT2D eigenvalue weighted by Gasteiger charge is 2.02. The summed E-state index contributed by atoms with van der Waals surface area (Å²) in [5.74, 6) is 0.0797. The minimum Gasteiger partial charge on any atom is -0.508 e. The van der Waals surface area contributed by atoms with Gasteiger partial charge in [-0.05, 0) is 29.7 Å². The molecule has 0 amide bonds. The first-order chi connectivity index (χ1) is 8.56. The van der Waals surface area contributed by atoms with E-state index in [2.05, 4.69) is 6.58 Å². The second-order valence-electron chi connectivity index (χ2n) is 4.07. The maximum Gasteiger partial charge on any atom is 0.115 e. The van der Waals surface area contributed by atoms with Gasteiger partial charge >= 0.3 is 0 Å². The Morgan fingerprint density at radius 3 is 2.11 bits per heavy atom. The molecule has 2 aromatic rings. The Bertz CT molecular complexity index is 574. The summed E-state index contributed by atoms with van der Waals surface area (Å²) in [5, 5.41) is 10.4. The van der Waals surface area contributed by atoms with Crippen molar-refractivity contribution in [1.29, 1.82) is 0 Å². The SMILES string of the molecule is C=C(O)c1ccc(Cc2ccc(Cl)c(Cl)c2)cc1. The molecule has 0 aliphatic rings. The zero-order valence-electron chi connectivity index (χ0n) is 9.66. The third-order valence-corrected chi connectivity index (χ3v) is 3.42. The fraction of sp³-hybridized carbons (Fsp3) is 0.0667. The van der Waals surface area contributed by atoms with Gasteiger partial charge in [0.25, 0.3) is 0 Å². The quantitative estimate of drug-likeness (QED) is 0.774. The molecule has 0 fully saturated rings. The van der Waals surface area contributed by atoms with Gasteiger partial charge in [0.05, 0.1) is 10.0 Å². The Morgan fingerprint density at radius 2 is 1.56 bits per heavy atom. The minimum absolute atomic E-state index is 0.0797. The summed E-state index contributed by atoms with van der Waals surface area (Å²) in [7, 11) is 0. The molecule has 2 aromatic carbocycles. The Kier molecular flexibility index (Phi) is 3.95. The van der Waals surface area contributed by atoms with Gasteiger partial charge in [0.2, 0.25) is 0 Å². The van der Waals surface area contributed by atoms with Crippen LogP contribution in [0.1, 0.15) is 16.7 Å². The normalized spacial score (nSPS) is 10.3. The molecule has 3 heteroatoms. The fourth-order valence-corrected chi connectivity index (χ4v) is 2.02. The minimum atomic E-state index is 0.0797. The summed E-state index contributed by atoms with van der Waals surface area (Å²) < 4.78 is 0. The van der Waals surface area contributed by atoms with E-state index in [0.29, 0.717) is 10.0 Å². The summed E-state index contributed by atoms with van der Waals surface area (Å²) in [5.41, 5.74) is 2.96. The summed E-state index contributed by atoms with van der Waals surface area (Å²) >= 11 is 11.8. The number of benzene rings is 2. The highest BCUT2D eigenvalue weighted by atomic mass is 35.5. The number of hydrogen-bond donors (Lipinski definition) is 1. The van der Waals surface area contributed by atoms with Gasteiger partial charge in [-0.1, -0.05) is 60.1 Å². The molecule has 0 aliphatic carbocycles. The van der Waals surface area contributed by atoms with Crippen molar-refractivity contribution in [3.05, 3.63) is 75.8 Å². The molecular formula is C15H12Cl2O. The van der Waals surface area contributed by atoms with Crippen LogP contribution in [-0.2, 0) is 6.42 Å². The van der Waals surface area contributed by atoms with Gasteiger partial charge in [0.15, 0.2) is 0 Å². The topological polar surface area (TPSA) is 20.2 Å². The molecule has 1 nitrogen and oxygen atoms in total. The highest BCUT2D eigenvalue weighted by molar-refractivity contribution is 6.42. The molecule has 0 bridgehead atoms. The van der Waals surface area contributed by atoms with E-state index in [0.717, 1.165) is 23.1 Å². The molecule has 1 N–H and O–H groups in total. The largest absolute Gasteiger partial charge is 0.508 e. The number of rotatable bonds is 3. The van der Waals surface area contributed by atoms with Crippen LogP contribution in [0.5, 0.6) is 0 Å². The molecular weight excluding hydrogens is 267 g/mol. The van der Waals surface area contributed by atoms with Crippen molar-refractivity contribution in [3.63, 3.8) is 0 Å². The molecule has 0 unspecified atom stereocenters. The summed E-state index contributed by atoms with van der Waals surface area (Å²) in [4.78, 5) is 0. The summed E-state index contributed by atoms with van der Waals surface area (Å²) in [6.45, 7) is 3.48. The summed E-state index contributed by atoms with van der Waals surface area (Å²) in [6.07, 6.45) is 0.773. The van der Waals surface area contributed by atoms with E-state index in [1.54, 1.807) is 6.07 Å². The van der Waals surface area contributed by atoms with Crippen LogP contribution in [0.3, 0.4) is 0 Å². The van der Waals surface area contributed by atoms with Gasteiger partial charge in [-0.3, -0.25) is 0 Å². The van der Waals surface area contributed by atoms with Crippen molar-refractivity contribution in [2.24, 2.45) is 0 Å². The van der Waals surface area contributed by atoms with Gasteiger partial charge in [-0.2, -0.15) is 0 Å². The number of hydrogen-bond acceptors (Lipinski definition) is 1. The van der Waals surface area contributed by atoms with Crippen LogP contribution in [0.25, 0.3) is 5.76 Å².